The minimum Gasteiger partial charge on any atom is -0.352 e. The number of anilines is 1. The number of benzene rings is 4. The fourth-order valence-electron chi connectivity index (χ4n) is 5.06. The average Bonchev–Trinajstić information content (AvgIpc) is 3.00. The number of carbonyl (C=O) groups excluding carboxylic acids is 2. The summed E-state index contributed by atoms with van der Waals surface area (Å²) in [6, 6.07) is 25.8. The van der Waals surface area contributed by atoms with E-state index in [0.29, 0.717) is 16.8 Å². The molecule has 0 bridgehead atoms. The standard InChI is InChI=1S/C36H40FN3O4S/c1-25(2)38-36(42)34(22-29-9-7-6-8-10-29)39(23-30-15-17-31(37)18-16-30)35(41)24-40(33-21-27(4)11-14-28(33)5)45(43,44)32-19-12-26(3)13-20-32/h6-21,25,34H,22-24H2,1-5H3,(H,38,42). The van der Waals surface area contributed by atoms with Crippen molar-refractivity contribution in [2.45, 2.75) is 64.6 Å². The lowest BCUT2D eigenvalue weighted by Crippen LogP contribution is -2.54. The highest BCUT2D eigenvalue weighted by molar-refractivity contribution is 7.92. The second kappa shape index (κ2) is 14.5. The SMILES string of the molecule is Cc1ccc(S(=O)(=O)N(CC(=O)N(Cc2ccc(F)cc2)C(Cc2ccccc2)C(=O)NC(C)C)c2cc(C)ccc2C)cc1. The summed E-state index contributed by atoms with van der Waals surface area (Å²) in [6.45, 7) is 8.59. The van der Waals surface area contributed by atoms with Gasteiger partial charge < -0.3 is 10.2 Å². The van der Waals surface area contributed by atoms with Gasteiger partial charge in [0.1, 0.15) is 18.4 Å². The first-order valence-corrected chi connectivity index (χ1v) is 16.3. The largest absolute Gasteiger partial charge is 0.352 e. The molecule has 7 nitrogen and oxygen atoms in total. The van der Waals surface area contributed by atoms with Crippen LogP contribution in [-0.2, 0) is 32.6 Å². The fourth-order valence-corrected chi connectivity index (χ4v) is 6.53. The molecule has 0 spiro atoms. The number of carbonyl (C=O) groups is 2. The van der Waals surface area contributed by atoms with Crippen LogP contribution in [0.1, 0.15) is 41.7 Å². The molecule has 0 heterocycles. The third kappa shape index (κ3) is 8.57. The van der Waals surface area contributed by atoms with Gasteiger partial charge in [0.2, 0.25) is 11.8 Å². The smallest absolute Gasteiger partial charge is 0.264 e. The van der Waals surface area contributed by atoms with Crippen molar-refractivity contribution in [1.29, 1.82) is 0 Å². The lowest BCUT2D eigenvalue weighted by molar-refractivity contribution is -0.140. The quantitative estimate of drug-likeness (QED) is 0.205. The van der Waals surface area contributed by atoms with Crippen molar-refractivity contribution in [3.8, 4) is 0 Å². The highest BCUT2D eigenvalue weighted by Crippen LogP contribution is 2.29. The molecule has 4 rings (SSSR count). The summed E-state index contributed by atoms with van der Waals surface area (Å²) in [7, 11) is -4.21. The van der Waals surface area contributed by atoms with Crippen LogP contribution in [0, 0.1) is 26.6 Å². The van der Waals surface area contributed by atoms with Crippen LogP contribution in [-0.4, -0.2) is 43.8 Å². The van der Waals surface area contributed by atoms with Gasteiger partial charge in [0.25, 0.3) is 10.0 Å². The van der Waals surface area contributed by atoms with E-state index >= 15 is 0 Å². The molecule has 0 aromatic heterocycles. The van der Waals surface area contributed by atoms with E-state index in [-0.39, 0.29) is 29.8 Å². The van der Waals surface area contributed by atoms with Crippen molar-refractivity contribution >= 4 is 27.5 Å². The Morgan fingerprint density at radius 1 is 0.800 bits per heavy atom. The molecule has 2 amide bonds. The van der Waals surface area contributed by atoms with Crippen LogP contribution in [0.2, 0.25) is 0 Å². The molecular weight excluding hydrogens is 589 g/mol. The van der Waals surface area contributed by atoms with Crippen LogP contribution in [0.15, 0.2) is 102 Å². The van der Waals surface area contributed by atoms with Crippen molar-refractivity contribution in [3.05, 3.63) is 131 Å². The molecule has 0 radical (unpaired) electrons. The lowest BCUT2D eigenvalue weighted by Gasteiger charge is -2.34. The third-order valence-electron chi connectivity index (χ3n) is 7.49. The van der Waals surface area contributed by atoms with Crippen molar-refractivity contribution in [1.82, 2.24) is 10.2 Å². The average molecular weight is 630 g/mol. The van der Waals surface area contributed by atoms with E-state index in [2.05, 4.69) is 5.32 Å². The second-order valence-electron chi connectivity index (χ2n) is 11.6. The topological polar surface area (TPSA) is 86.8 Å². The van der Waals surface area contributed by atoms with Gasteiger partial charge in [-0.05, 0) is 87.2 Å². The molecule has 9 heteroatoms. The zero-order chi connectivity index (χ0) is 32.7. The summed E-state index contributed by atoms with van der Waals surface area (Å²) in [5.41, 5.74) is 4.20. The second-order valence-corrected chi connectivity index (χ2v) is 13.5. The third-order valence-corrected chi connectivity index (χ3v) is 9.26. The maximum Gasteiger partial charge on any atom is 0.264 e. The molecule has 4 aromatic carbocycles. The number of hydrogen-bond donors (Lipinski definition) is 1. The van der Waals surface area contributed by atoms with Gasteiger partial charge >= 0.3 is 0 Å². The number of halogens is 1. The Morgan fingerprint density at radius 2 is 1.42 bits per heavy atom. The van der Waals surface area contributed by atoms with Gasteiger partial charge in [-0.15, -0.1) is 0 Å². The summed E-state index contributed by atoms with van der Waals surface area (Å²) in [5, 5.41) is 2.93. The van der Waals surface area contributed by atoms with E-state index in [9.17, 15) is 22.4 Å². The Labute approximate surface area is 265 Å². The Bertz CT molecular complexity index is 1720. The van der Waals surface area contributed by atoms with Crippen LogP contribution in [0.3, 0.4) is 0 Å². The number of nitrogens with zero attached hydrogens (tertiary/aromatic N) is 2. The summed E-state index contributed by atoms with van der Waals surface area (Å²) in [6.07, 6.45) is 0.195. The predicted octanol–water partition coefficient (Wildman–Crippen LogP) is 6.11. The predicted molar refractivity (Wildman–Crippen MR) is 176 cm³/mol. The first-order valence-electron chi connectivity index (χ1n) is 14.9. The minimum absolute atomic E-state index is 0.0344. The normalized spacial score (nSPS) is 12.1. The summed E-state index contributed by atoms with van der Waals surface area (Å²) in [5.74, 6) is -1.37. The summed E-state index contributed by atoms with van der Waals surface area (Å²) in [4.78, 5) is 29.7. The summed E-state index contributed by atoms with van der Waals surface area (Å²) < 4.78 is 43.4. The maximum atomic E-state index is 14.5. The van der Waals surface area contributed by atoms with Gasteiger partial charge in [0.15, 0.2) is 0 Å². The number of nitrogens with one attached hydrogen (secondary N) is 1. The van der Waals surface area contributed by atoms with Crippen LogP contribution in [0.4, 0.5) is 10.1 Å². The van der Waals surface area contributed by atoms with Crippen molar-refractivity contribution < 1.29 is 22.4 Å². The van der Waals surface area contributed by atoms with E-state index in [1.807, 2.05) is 70.2 Å². The van der Waals surface area contributed by atoms with Gasteiger partial charge in [-0.1, -0.05) is 72.3 Å². The minimum atomic E-state index is -4.21. The molecule has 0 saturated heterocycles. The first-order chi connectivity index (χ1) is 21.3. The van der Waals surface area contributed by atoms with E-state index in [0.717, 1.165) is 21.0 Å². The van der Waals surface area contributed by atoms with Crippen LogP contribution < -0.4 is 9.62 Å². The molecule has 1 unspecified atom stereocenters. The van der Waals surface area contributed by atoms with Gasteiger partial charge in [-0.2, -0.15) is 0 Å². The molecule has 1 N–H and O–H groups in total. The van der Waals surface area contributed by atoms with Crippen LogP contribution in [0.5, 0.6) is 0 Å². The van der Waals surface area contributed by atoms with Gasteiger partial charge in [-0.25, -0.2) is 12.8 Å². The Hall–Kier alpha value is -4.50. The van der Waals surface area contributed by atoms with E-state index in [1.165, 1.54) is 29.2 Å². The fraction of sp³-hybridized carbons (Fsp3) is 0.278. The van der Waals surface area contributed by atoms with Crippen molar-refractivity contribution in [2.75, 3.05) is 10.8 Å². The monoisotopic (exact) mass is 629 g/mol. The Morgan fingerprint density at radius 3 is 2.04 bits per heavy atom. The molecular formula is C36H40FN3O4S. The zero-order valence-electron chi connectivity index (χ0n) is 26.3. The number of hydrogen-bond acceptors (Lipinski definition) is 4. The maximum absolute atomic E-state index is 14.5. The van der Waals surface area contributed by atoms with Gasteiger partial charge in [-0.3, -0.25) is 13.9 Å². The molecule has 0 aliphatic carbocycles. The molecule has 1 atom stereocenters. The van der Waals surface area contributed by atoms with Crippen LogP contribution in [0.25, 0.3) is 0 Å². The number of sulfonamides is 1. The number of aryl methyl sites for hydroxylation is 3. The lowest BCUT2D eigenvalue weighted by atomic mass is 10.0. The zero-order valence-corrected chi connectivity index (χ0v) is 27.1. The molecule has 0 aliphatic heterocycles. The van der Waals surface area contributed by atoms with Gasteiger partial charge in [0.05, 0.1) is 10.6 Å². The number of amides is 2. The molecule has 236 valence electrons. The highest BCUT2D eigenvalue weighted by atomic mass is 32.2. The van der Waals surface area contributed by atoms with Crippen molar-refractivity contribution in [2.24, 2.45) is 0 Å². The van der Waals surface area contributed by atoms with Crippen LogP contribution >= 0.6 is 0 Å². The highest BCUT2D eigenvalue weighted by Gasteiger charge is 2.35. The van der Waals surface area contributed by atoms with E-state index < -0.39 is 34.3 Å². The van der Waals surface area contributed by atoms with Crippen molar-refractivity contribution in [3.63, 3.8) is 0 Å². The summed E-state index contributed by atoms with van der Waals surface area (Å²) >= 11 is 0. The number of rotatable bonds is 12. The van der Waals surface area contributed by atoms with E-state index in [4.69, 9.17) is 0 Å². The van der Waals surface area contributed by atoms with E-state index in [1.54, 1.807) is 37.3 Å². The Balaban J connectivity index is 1.83. The Kier molecular flexibility index (Phi) is 10.8. The molecule has 0 fully saturated rings. The molecule has 0 saturated carbocycles. The molecule has 45 heavy (non-hydrogen) atoms. The molecule has 0 aliphatic rings. The first kappa shape index (κ1) is 33.4. The van der Waals surface area contributed by atoms with Gasteiger partial charge in [0, 0.05) is 19.0 Å². The molecule has 4 aromatic rings.